The van der Waals surface area contributed by atoms with Crippen molar-refractivity contribution in [2.45, 2.75) is 26.3 Å². The summed E-state index contributed by atoms with van der Waals surface area (Å²) in [5, 5.41) is 2.99. The SMILES string of the molecule is C[C@H](CCOc1ccccc1)C(=O)N[C@H](C)c1ccccn1. The molecule has 0 saturated heterocycles. The van der Waals surface area contributed by atoms with Crippen molar-refractivity contribution < 1.29 is 9.53 Å². The summed E-state index contributed by atoms with van der Waals surface area (Å²) in [5.41, 5.74) is 0.864. The zero-order valence-electron chi connectivity index (χ0n) is 13.0. The molecule has 4 nitrogen and oxygen atoms in total. The van der Waals surface area contributed by atoms with Gasteiger partial charge in [-0.3, -0.25) is 9.78 Å². The van der Waals surface area contributed by atoms with E-state index in [9.17, 15) is 4.79 Å². The summed E-state index contributed by atoms with van der Waals surface area (Å²) in [6.07, 6.45) is 2.41. The van der Waals surface area contributed by atoms with Crippen LogP contribution in [0.25, 0.3) is 0 Å². The van der Waals surface area contributed by atoms with Gasteiger partial charge in [0.25, 0.3) is 0 Å². The molecule has 0 aliphatic carbocycles. The maximum atomic E-state index is 12.2. The lowest BCUT2D eigenvalue weighted by Gasteiger charge is -2.17. The lowest BCUT2D eigenvalue weighted by Crippen LogP contribution is -2.32. The highest BCUT2D eigenvalue weighted by Crippen LogP contribution is 2.13. The number of nitrogens with zero attached hydrogens (tertiary/aromatic N) is 1. The number of hydrogen-bond donors (Lipinski definition) is 1. The highest BCUT2D eigenvalue weighted by Gasteiger charge is 2.16. The molecule has 0 saturated carbocycles. The molecule has 22 heavy (non-hydrogen) atoms. The Labute approximate surface area is 131 Å². The molecule has 0 unspecified atom stereocenters. The first kappa shape index (κ1) is 16.0. The number of nitrogens with one attached hydrogen (secondary N) is 1. The van der Waals surface area contributed by atoms with Crippen LogP contribution in [0.3, 0.4) is 0 Å². The smallest absolute Gasteiger partial charge is 0.223 e. The Bertz CT molecular complexity index is 572. The van der Waals surface area contributed by atoms with Crippen LogP contribution in [0.1, 0.15) is 32.0 Å². The molecule has 0 radical (unpaired) electrons. The van der Waals surface area contributed by atoms with Gasteiger partial charge in [-0.1, -0.05) is 31.2 Å². The van der Waals surface area contributed by atoms with E-state index in [1.165, 1.54) is 0 Å². The van der Waals surface area contributed by atoms with E-state index in [0.717, 1.165) is 11.4 Å². The Balaban J connectivity index is 1.75. The first-order valence-electron chi connectivity index (χ1n) is 7.56. The van der Waals surface area contributed by atoms with Crippen LogP contribution in [-0.2, 0) is 4.79 Å². The molecule has 2 aromatic rings. The maximum absolute atomic E-state index is 12.2. The Morgan fingerprint density at radius 3 is 2.55 bits per heavy atom. The molecule has 0 fully saturated rings. The molecule has 1 aromatic heterocycles. The summed E-state index contributed by atoms with van der Waals surface area (Å²) in [6, 6.07) is 15.2. The molecule has 1 amide bonds. The van der Waals surface area contributed by atoms with Gasteiger partial charge in [0, 0.05) is 12.1 Å². The predicted octanol–water partition coefficient (Wildman–Crippen LogP) is 3.36. The van der Waals surface area contributed by atoms with Gasteiger partial charge in [0.2, 0.25) is 5.91 Å². The molecule has 2 rings (SSSR count). The van der Waals surface area contributed by atoms with E-state index in [2.05, 4.69) is 10.3 Å². The summed E-state index contributed by atoms with van der Waals surface area (Å²) in [4.78, 5) is 16.4. The molecule has 2 atom stereocenters. The third kappa shape index (κ3) is 4.88. The minimum Gasteiger partial charge on any atom is -0.494 e. The van der Waals surface area contributed by atoms with Crippen molar-refractivity contribution in [2.75, 3.05) is 6.61 Å². The van der Waals surface area contributed by atoms with Crippen LogP contribution in [0.2, 0.25) is 0 Å². The van der Waals surface area contributed by atoms with E-state index in [-0.39, 0.29) is 17.9 Å². The maximum Gasteiger partial charge on any atom is 0.223 e. The first-order chi connectivity index (χ1) is 10.7. The van der Waals surface area contributed by atoms with Crippen molar-refractivity contribution in [2.24, 2.45) is 5.92 Å². The van der Waals surface area contributed by atoms with Crippen LogP contribution in [0, 0.1) is 5.92 Å². The van der Waals surface area contributed by atoms with Gasteiger partial charge in [0.1, 0.15) is 5.75 Å². The van der Waals surface area contributed by atoms with E-state index in [1.807, 2.05) is 62.4 Å². The zero-order chi connectivity index (χ0) is 15.8. The number of para-hydroxylation sites is 1. The molecule has 0 aliphatic rings. The van der Waals surface area contributed by atoms with Gasteiger partial charge in [-0.15, -0.1) is 0 Å². The van der Waals surface area contributed by atoms with Gasteiger partial charge in [0.05, 0.1) is 18.3 Å². The van der Waals surface area contributed by atoms with Crippen LogP contribution in [0.4, 0.5) is 0 Å². The van der Waals surface area contributed by atoms with Crippen LogP contribution < -0.4 is 10.1 Å². The highest BCUT2D eigenvalue weighted by atomic mass is 16.5. The van der Waals surface area contributed by atoms with Crippen molar-refractivity contribution in [1.29, 1.82) is 0 Å². The van der Waals surface area contributed by atoms with Crippen molar-refractivity contribution >= 4 is 5.91 Å². The third-order valence-electron chi connectivity index (χ3n) is 3.50. The Hall–Kier alpha value is -2.36. The van der Waals surface area contributed by atoms with Gasteiger partial charge in [-0.2, -0.15) is 0 Å². The number of pyridine rings is 1. The topological polar surface area (TPSA) is 51.2 Å². The monoisotopic (exact) mass is 298 g/mol. The van der Waals surface area contributed by atoms with Crippen LogP contribution in [0.15, 0.2) is 54.7 Å². The second kappa shape index (κ2) is 8.17. The number of amides is 1. The largest absolute Gasteiger partial charge is 0.494 e. The van der Waals surface area contributed by atoms with E-state index in [4.69, 9.17) is 4.74 Å². The molecule has 0 bridgehead atoms. The molecule has 0 spiro atoms. The number of aromatic nitrogens is 1. The molecule has 1 N–H and O–H groups in total. The number of carbonyl (C=O) groups is 1. The number of carbonyl (C=O) groups excluding carboxylic acids is 1. The van der Waals surface area contributed by atoms with E-state index >= 15 is 0 Å². The molecule has 1 heterocycles. The summed E-state index contributed by atoms with van der Waals surface area (Å²) < 4.78 is 5.62. The predicted molar refractivity (Wildman–Crippen MR) is 86.5 cm³/mol. The second-order valence-corrected chi connectivity index (χ2v) is 5.34. The van der Waals surface area contributed by atoms with E-state index < -0.39 is 0 Å². The van der Waals surface area contributed by atoms with Crippen molar-refractivity contribution in [3.05, 3.63) is 60.4 Å². The van der Waals surface area contributed by atoms with Gasteiger partial charge < -0.3 is 10.1 Å². The van der Waals surface area contributed by atoms with E-state index in [1.54, 1.807) is 6.20 Å². The summed E-state index contributed by atoms with van der Waals surface area (Å²) in [7, 11) is 0. The van der Waals surface area contributed by atoms with Gasteiger partial charge >= 0.3 is 0 Å². The fourth-order valence-electron chi connectivity index (χ4n) is 2.06. The van der Waals surface area contributed by atoms with Crippen LogP contribution in [0.5, 0.6) is 5.75 Å². The minimum atomic E-state index is -0.102. The molecule has 1 aromatic carbocycles. The Kier molecular flexibility index (Phi) is 5.95. The van der Waals surface area contributed by atoms with Crippen molar-refractivity contribution in [3.63, 3.8) is 0 Å². The molecule has 116 valence electrons. The lowest BCUT2D eigenvalue weighted by atomic mass is 10.1. The minimum absolute atomic E-state index is 0.0230. The average Bonchev–Trinajstić information content (AvgIpc) is 2.56. The van der Waals surface area contributed by atoms with Crippen molar-refractivity contribution in [1.82, 2.24) is 10.3 Å². The molecule has 4 heteroatoms. The number of rotatable bonds is 7. The quantitative estimate of drug-likeness (QED) is 0.852. The highest BCUT2D eigenvalue weighted by molar-refractivity contribution is 5.78. The van der Waals surface area contributed by atoms with Gasteiger partial charge in [-0.25, -0.2) is 0 Å². The average molecular weight is 298 g/mol. The molecule has 0 aliphatic heterocycles. The Morgan fingerprint density at radius 2 is 1.86 bits per heavy atom. The lowest BCUT2D eigenvalue weighted by molar-refractivity contribution is -0.125. The van der Waals surface area contributed by atoms with Gasteiger partial charge in [-0.05, 0) is 37.6 Å². The molecular formula is C18H22N2O2. The Morgan fingerprint density at radius 1 is 1.14 bits per heavy atom. The van der Waals surface area contributed by atoms with Crippen molar-refractivity contribution in [3.8, 4) is 5.75 Å². The van der Waals surface area contributed by atoms with Gasteiger partial charge in [0.15, 0.2) is 0 Å². The fraction of sp³-hybridized carbons (Fsp3) is 0.333. The normalized spacial score (nSPS) is 13.2. The summed E-state index contributed by atoms with van der Waals surface area (Å²) >= 11 is 0. The summed E-state index contributed by atoms with van der Waals surface area (Å²) in [6.45, 7) is 4.37. The molecular weight excluding hydrogens is 276 g/mol. The standard InChI is InChI=1S/C18H22N2O2/c1-14(11-13-22-16-8-4-3-5-9-16)18(21)20-15(2)17-10-6-7-12-19-17/h3-10,12,14-15H,11,13H2,1-2H3,(H,20,21)/t14-,15-/m1/s1. The number of hydrogen-bond acceptors (Lipinski definition) is 3. The number of benzene rings is 1. The van der Waals surface area contributed by atoms with Crippen LogP contribution >= 0.6 is 0 Å². The van der Waals surface area contributed by atoms with Crippen LogP contribution in [-0.4, -0.2) is 17.5 Å². The van der Waals surface area contributed by atoms with E-state index in [0.29, 0.717) is 13.0 Å². The zero-order valence-corrected chi connectivity index (χ0v) is 13.0. The third-order valence-corrected chi connectivity index (χ3v) is 3.50. The second-order valence-electron chi connectivity index (χ2n) is 5.34. The number of ether oxygens (including phenoxy) is 1. The fourth-order valence-corrected chi connectivity index (χ4v) is 2.06. The first-order valence-corrected chi connectivity index (χ1v) is 7.56. The summed E-state index contributed by atoms with van der Waals surface area (Å²) in [5.74, 6) is 0.752.